The molecule has 0 saturated heterocycles. The number of hydrogen-bond acceptors (Lipinski definition) is 1. The summed E-state index contributed by atoms with van der Waals surface area (Å²) in [6.45, 7) is 0. The van der Waals surface area contributed by atoms with Gasteiger partial charge in [-0.15, -0.1) is 0 Å². The van der Waals surface area contributed by atoms with Gasteiger partial charge in [0.05, 0.1) is 6.26 Å². The van der Waals surface area contributed by atoms with E-state index in [9.17, 15) is 0 Å². The lowest BCUT2D eigenvalue weighted by Crippen LogP contribution is -1.88. The highest BCUT2D eigenvalue weighted by molar-refractivity contribution is 5.88. The van der Waals surface area contributed by atoms with Crippen LogP contribution < -0.4 is 4.74 Å². The summed E-state index contributed by atoms with van der Waals surface area (Å²) in [6, 6.07) is 34.9. The van der Waals surface area contributed by atoms with Crippen LogP contribution in [0.4, 0.5) is 0 Å². The second kappa shape index (κ2) is 8.20. The molecule has 1 heteroatoms. The molecule has 0 N–H and O–H groups in total. The Morgan fingerprint density at radius 1 is 0.630 bits per heavy atom. The molecule has 0 aromatic heterocycles. The van der Waals surface area contributed by atoms with Crippen LogP contribution >= 0.6 is 0 Å². The summed E-state index contributed by atoms with van der Waals surface area (Å²) in [5.74, 6) is 0.856. The number of hydrogen-bond donors (Lipinski definition) is 0. The third kappa shape index (κ3) is 4.16. The lowest BCUT2D eigenvalue weighted by Gasteiger charge is -2.08. The Morgan fingerprint density at radius 2 is 1.30 bits per heavy atom. The molecule has 0 fully saturated rings. The van der Waals surface area contributed by atoms with Gasteiger partial charge in [-0.1, -0.05) is 109 Å². The van der Waals surface area contributed by atoms with E-state index in [2.05, 4.69) is 54.6 Å². The van der Waals surface area contributed by atoms with Crippen LogP contribution in [0.25, 0.3) is 22.4 Å². The van der Waals surface area contributed by atoms with Gasteiger partial charge >= 0.3 is 0 Å². The Labute approximate surface area is 159 Å². The van der Waals surface area contributed by atoms with E-state index >= 15 is 0 Å². The van der Waals surface area contributed by atoms with Gasteiger partial charge in [-0.05, 0) is 22.6 Å². The molecule has 0 spiro atoms. The number of rotatable bonds is 5. The minimum atomic E-state index is 0.856. The van der Waals surface area contributed by atoms with Gasteiger partial charge in [0, 0.05) is 11.0 Å². The molecule has 0 aliphatic carbocycles. The van der Waals surface area contributed by atoms with E-state index in [0.29, 0.717) is 0 Å². The van der Waals surface area contributed by atoms with Crippen molar-refractivity contribution in [3.8, 4) is 5.75 Å². The predicted molar refractivity (Wildman–Crippen MR) is 114 cm³/mol. The Hall–Kier alpha value is -3.58. The van der Waals surface area contributed by atoms with E-state index in [-0.39, 0.29) is 0 Å². The highest BCUT2D eigenvalue weighted by Crippen LogP contribution is 2.27. The molecule has 0 heterocycles. The molecule has 1 nitrogen and oxygen atoms in total. The van der Waals surface area contributed by atoms with Crippen LogP contribution in [0.15, 0.2) is 115 Å². The van der Waals surface area contributed by atoms with Crippen molar-refractivity contribution < 1.29 is 4.74 Å². The lowest BCUT2D eigenvalue weighted by atomic mass is 10.1. The second-order valence-corrected chi connectivity index (χ2v) is 6.28. The Morgan fingerprint density at radius 3 is 2.11 bits per heavy atom. The van der Waals surface area contributed by atoms with E-state index in [1.807, 2.05) is 66.9 Å². The van der Waals surface area contributed by atoms with E-state index in [1.54, 1.807) is 0 Å². The molecule has 130 valence electrons. The molecule has 0 bridgehead atoms. The zero-order chi connectivity index (χ0) is 18.3. The molecule has 4 aromatic rings. The summed E-state index contributed by atoms with van der Waals surface area (Å²) >= 11 is 0. The van der Waals surface area contributed by atoms with Crippen molar-refractivity contribution in [1.29, 1.82) is 0 Å². The quantitative estimate of drug-likeness (QED) is 0.279. The maximum Gasteiger partial charge on any atom is 0.134 e. The van der Waals surface area contributed by atoms with Crippen LogP contribution in [0.2, 0.25) is 0 Å². The van der Waals surface area contributed by atoms with E-state index in [4.69, 9.17) is 4.74 Å². The molecule has 27 heavy (non-hydrogen) atoms. The first-order chi connectivity index (χ1) is 13.4. The Bertz CT molecular complexity index is 1070. The smallest absolute Gasteiger partial charge is 0.134 e. The van der Waals surface area contributed by atoms with Crippen molar-refractivity contribution in [2.75, 3.05) is 0 Å². The number of fused-ring (bicyclic) bond motifs is 1. The van der Waals surface area contributed by atoms with Crippen molar-refractivity contribution in [3.05, 3.63) is 127 Å². The zero-order valence-electron chi connectivity index (χ0n) is 15.0. The summed E-state index contributed by atoms with van der Waals surface area (Å²) in [4.78, 5) is 0. The molecular formula is C26H20O. The molecule has 0 radical (unpaired) electrons. The molecular weight excluding hydrogens is 328 g/mol. The summed E-state index contributed by atoms with van der Waals surface area (Å²) < 4.78 is 6.11. The minimum absolute atomic E-state index is 0.856. The van der Waals surface area contributed by atoms with E-state index in [1.165, 1.54) is 5.39 Å². The van der Waals surface area contributed by atoms with Crippen molar-refractivity contribution in [2.24, 2.45) is 0 Å². The lowest BCUT2D eigenvalue weighted by molar-refractivity contribution is 0.489. The molecule has 0 aliphatic heterocycles. The standard InChI is InChI=1S/C26H20O/c1-3-10-21(11-4-1)18-19-24(22-12-5-2-6-13-22)20-27-26-17-9-15-23-14-7-8-16-25(23)26/h1-20H. The molecule has 4 aromatic carbocycles. The maximum atomic E-state index is 6.11. The zero-order valence-corrected chi connectivity index (χ0v) is 15.0. The first-order valence-corrected chi connectivity index (χ1v) is 9.03. The van der Waals surface area contributed by atoms with Crippen LogP contribution in [-0.4, -0.2) is 0 Å². The number of allylic oxidation sites excluding steroid dienone is 2. The number of benzene rings is 4. The molecule has 0 aliphatic rings. The normalized spacial score (nSPS) is 11.8. The van der Waals surface area contributed by atoms with Crippen LogP contribution in [0.3, 0.4) is 0 Å². The van der Waals surface area contributed by atoms with Gasteiger partial charge in [0.25, 0.3) is 0 Å². The van der Waals surface area contributed by atoms with Gasteiger partial charge < -0.3 is 4.74 Å². The SMILES string of the molecule is C(=Cc1ccccc1)C(=COc1cccc2ccccc12)c1ccccc1. The van der Waals surface area contributed by atoms with Gasteiger partial charge in [0.2, 0.25) is 0 Å². The van der Waals surface area contributed by atoms with Gasteiger partial charge in [-0.25, -0.2) is 0 Å². The first kappa shape index (κ1) is 16.9. The van der Waals surface area contributed by atoms with Crippen LogP contribution in [0, 0.1) is 0 Å². The Kier molecular flexibility index (Phi) is 5.12. The van der Waals surface area contributed by atoms with Gasteiger partial charge in [-0.2, -0.15) is 0 Å². The average molecular weight is 348 g/mol. The summed E-state index contributed by atoms with van der Waals surface area (Å²) in [5, 5.41) is 2.28. The fourth-order valence-electron chi connectivity index (χ4n) is 3.01. The fourth-order valence-corrected chi connectivity index (χ4v) is 3.01. The highest BCUT2D eigenvalue weighted by atomic mass is 16.5. The van der Waals surface area contributed by atoms with Crippen LogP contribution in [0.5, 0.6) is 5.75 Å². The first-order valence-electron chi connectivity index (χ1n) is 9.03. The van der Waals surface area contributed by atoms with Gasteiger partial charge in [0.1, 0.15) is 5.75 Å². The molecule has 0 atom stereocenters. The summed E-state index contributed by atoms with van der Waals surface area (Å²) in [7, 11) is 0. The topological polar surface area (TPSA) is 9.23 Å². The molecule has 4 rings (SSSR count). The van der Waals surface area contributed by atoms with E-state index in [0.717, 1.165) is 27.8 Å². The minimum Gasteiger partial charge on any atom is -0.464 e. The van der Waals surface area contributed by atoms with Gasteiger partial charge in [0.15, 0.2) is 0 Å². The van der Waals surface area contributed by atoms with E-state index < -0.39 is 0 Å². The summed E-state index contributed by atoms with van der Waals surface area (Å²) in [5.41, 5.74) is 3.29. The van der Waals surface area contributed by atoms with Crippen molar-refractivity contribution in [3.63, 3.8) is 0 Å². The van der Waals surface area contributed by atoms with Crippen molar-refractivity contribution in [2.45, 2.75) is 0 Å². The predicted octanol–water partition coefficient (Wildman–Crippen LogP) is 6.97. The fraction of sp³-hybridized carbons (Fsp3) is 0. The van der Waals surface area contributed by atoms with Crippen LogP contribution in [0.1, 0.15) is 11.1 Å². The third-order valence-electron chi connectivity index (χ3n) is 4.42. The largest absolute Gasteiger partial charge is 0.464 e. The van der Waals surface area contributed by atoms with Crippen molar-refractivity contribution in [1.82, 2.24) is 0 Å². The molecule has 0 saturated carbocycles. The average Bonchev–Trinajstić information content (AvgIpc) is 2.75. The summed E-state index contributed by atoms with van der Waals surface area (Å²) in [6.07, 6.45) is 6.03. The van der Waals surface area contributed by atoms with Crippen molar-refractivity contribution >= 4 is 22.4 Å². The van der Waals surface area contributed by atoms with Gasteiger partial charge in [-0.3, -0.25) is 0 Å². The van der Waals surface area contributed by atoms with Crippen LogP contribution in [-0.2, 0) is 0 Å². The monoisotopic (exact) mass is 348 g/mol. The third-order valence-corrected chi connectivity index (χ3v) is 4.42. The maximum absolute atomic E-state index is 6.11. The molecule has 0 amide bonds. The second-order valence-electron chi connectivity index (χ2n) is 6.28. The highest BCUT2D eigenvalue weighted by Gasteiger charge is 2.02. The molecule has 0 unspecified atom stereocenters. The Balaban J connectivity index is 1.69. The number of ether oxygens (including phenoxy) is 1.